The third-order valence-corrected chi connectivity index (χ3v) is 8.30. The number of rotatable bonds is 6. The summed E-state index contributed by atoms with van der Waals surface area (Å²) in [7, 11) is -3.73. The number of nitrogens with one attached hydrogen (secondary N) is 1. The van der Waals surface area contributed by atoms with Crippen molar-refractivity contribution in [3.05, 3.63) is 47.3 Å². The minimum atomic E-state index is -3.73. The zero-order valence-corrected chi connectivity index (χ0v) is 18.9. The average molecular weight is 447 g/mol. The summed E-state index contributed by atoms with van der Waals surface area (Å²) in [6, 6.07) is 10.4. The Hall–Kier alpha value is -2.23. The fourth-order valence-corrected chi connectivity index (χ4v) is 6.42. The van der Waals surface area contributed by atoms with Gasteiger partial charge in [-0.15, -0.1) is 0 Å². The smallest absolute Gasteiger partial charge is 0.248 e. The van der Waals surface area contributed by atoms with Crippen LogP contribution in [0.3, 0.4) is 0 Å². The third-order valence-electron chi connectivity index (χ3n) is 6.19. The maximum Gasteiger partial charge on any atom is 0.248 e. The Morgan fingerprint density at radius 1 is 1.16 bits per heavy atom. The van der Waals surface area contributed by atoms with E-state index in [-0.39, 0.29) is 35.1 Å². The normalized spacial score (nSPS) is 23.2. The summed E-state index contributed by atoms with van der Waals surface area (Å²) in [5.74, 6) is -0.106. The number of nitrogens with zero attached hydrogens (tertiary/aromatic N) is 3. The van der Waals surface area contributed by atoms with E-state index in [0.717, 1.165) is 26.1 Å². The van der Waals surface area contributed by atoms with Crippen molar-refractivity contribution in [2.45, 2.75) is 50.6 Å². The molecule has 0 aliphatic carbocycles. The summed E-state index contributed by atoms with van der Waals surface area (Å²) in [6.07, 6.45) is 2.26. The lowest BCUT2D eigenvalue weighted by atomic mass is 9.98. The molecule has 0 saturated carbocycles. The van der Waals surface area contributed by atoms with Crippen LogP contribution < -0.4 is 5.32 Å². The fraction of sp³-hybridized carbons (Fsp3) is 0.545. The summed E-state index contributed by atoms with van der Waals surface area (Å²) >= 11 is 0. The number of carbonyl (C=O) groups excluding carboxylic acids is 1. The van der Waals surface area contributed by atoms with Crippen LogP contribution in [0.5, 0.6) is 0 Å². The number of hydrogen-bond donors (Lipinski definition) is 1. The number of aryl methyl sites for hydroxylation is 2. The molecule has 2 aliphatic rings. The number of hydrogen-bond acceptors (Lipinski definition) is 6. The number of carbonyl (C=O) groups is 1. The quantitative estimate of drug-likeness (QED) is 0.730. The monoisotopic (exact) mass is 446 g/mol. The standard InChI is InChI=1S/C22H30N4O4S/c1-16-21(17(2)30-24-16)31(28,29)26-11-6-9-19(14-26)22(27)23-20-10-12-25(15-20)13-18-7-4-3-5-8-18/h3-5,7-8,19-20H,6,9-15H2,1-2H3,(H,23,27). The van der Waals surface area contributed by atoms with E-state index < -0.39 is 10.0 Å². The first-order chi connectivity index (χ1) is 14.8. The van der Waals surface area contributed by atoms with Crippen molar-refractivity contribution in [2.75, 3.05) is 26.2 Å². The first-order valence-electron chi connectivity index (χ1n) is 10.8. The minimum Gasteiger partial charge on any atom is -0.360 e. The van der Waals surface area contributed by atoms with Crippen LogP contribution in [0.15, 0.2) is 39.8 Å². The maximum absolute atomic E-state index is 13.1. The SMILES string of the molecule is Cc1noc(C)c1S(=O)(=O)N1CCCC(C(=O)NC2CCN(Cc3ccccc3)C2)C1. The molecule has 4 rings (SSSR count). The molecule has 0 bridgehead atoms. The number of benzene rings is 1. The van der Waals surface area contributed by atoms with Crippen LogP contribution in [0.4, 0.5) is 0 Å². The molecule has 0 radical (unpaired) electrons. The summed E-state index contributed by atoms with van der Waals surface area (Å²) in [5.41, 5.74) is 1.62. The van der Waals surface area contributed by atoms with Gasteiger partial charge >= 0.3 is 0 Å². The minimum absolute atomic E-state index is 0.0507. The molecule has 1 amide bonds. The van der Waals surface area contributed by atoms with E-state index in [2.05, 4.69) is 27.5 Å². The number of aromatic nitrogens is 1. The zero-order chi connectivity index (χ0) is 22.0. The summed E-state index contributed by atoms with van der Waals surface area (Å²) in [4.78, 5) is 15.4. The molecule has 9 heteroatoms. The van der Waals surface area contributed by atoms with Crippen molar-refractivity contribution in [3.8, 4) is 0 Å². The fourth-order valence-electron chi connectivity index (χ4n) is 4.60. The van der Waals surface area contributed by atoms with Crippen LogP contribution in [-0.2, 0) is 21.4 Å². The van der Waals surface area contributed by atoms with Crippen molar-refractivity contribution >= 4 is 15.9 Å². The van der Waals surface area contributed by atoms with Crippen molar-refractivity contribution in [1.82, 2.24) is 19.7 Å². The molecular formula is C22H30N4O4S. The number of amides is 1. The largest absolute Gasteiger partial charge is 0.360 e. The highest BCUT2D eigenvalue weighted by atomic mass is 32.2. The van der Waals surface area contributed by atoms with Crippen molar-refractivity contribution < 1.29 is 17.7 Å². The number of likely N-dealkylation sites (tertiary alicyclic amines) is 1. The van der Waals surface area contributed by atoms with E-state index in [0.29, 0.717) is 25.1 Å². The van der Waals surface area contributed by atoms with Crippen molar-refractivity contribution in [3.63, 3.8) is 0 Å². The molecular weight excluding hydrogens is 416 g/mol. The lowest BCUT2D eigenvalue weighted by molar-refractivity contribution is -0.126. The molecule has 3 heterocycles. The van der Waals surface area contributed by atoms with E-state index in [4.69, 9.17) is 4.52 Å². The van der Waals surface area contributed by atoms with Crippen LogP contribution in [0.1, 0.15) is 36.3 Å². The van der Waals surface area contributed by atoms with Gasteiger partial charge in [0.2, 0.25) is 15.9 Å². The molecule has 2 unspecified atom stereocenters. The zero-order valence-electron chi connectivity index (χ0n) is 18.1. The van der Waals surface area contributed by atoms with Crippen molar-refractivity contribution in [2.24, 2.45) is 5.92 Å². The predicted molar refractivity (Wildman–Crippen MR) is 116 cm³/mol. The Morgan fingerprint density at radius 3 is 2.65 bits per heavy atom. The van der Waals surface area contributed by atoms with E-state index in [1.54, 1.807) is 13.8 Å². The molecule has 168 valence electrons. The van der Waals surface area contributed by atoms with Crippen LogP contribution in [0.2, 0.25) is 0 Å². The Kier molecular flexibility index (Phi) is 6.45. The second-order valence-corrected chi connectivity index (χ2v) is 10.4. The first kappa shape index (κ1) is 22.0. The lowest BCUT2D eigenvalue weighted by Gasteiger charge is -2.31. The molecule has 0 spiro atoms. The molecule has 2 fully saturated rings. The molecule has 2 atom stereocenters. The van der Waals surface area contributed by atoms with Gasteiger partial charge in [0.15, 0.2) is 5.76 Å². The summed E-state index contributed by atoms with van der Waals surface area (Å²) in [5, 5.41) is 6.93. The Balaban J connectivity index is 1.34. The first-order valence-corrected chi connectivity index (χ1v) is 12.3. The van der Waals surface area contributed by atoms with Gasteiger partial charge in [0.1, 0.15) is 10.6 Å². The van der Waals surface area contributed by atoms with Crippen LogP contribution in [-0.4, -0.2) is 60.9 Å². The molecule has 1 aromatic carbocycles. The number of piperidine rings is 1. The van der Waals surface area contributed by atoms with Gasteiger partial charge in [0.05, 0.1) is 5.92 Å². The highest BCUT2D eigenvalue weighted by Crippen LogP contribution is 2.28. The van der Waals surface area contributed by atoms with Crippen LogP contribution in [0, 0.1) is 19.8 Å². The topological polar surface area (TPSA) is 95.8 Å². The third kappa shape index (κ3) is 4.83. The molecule has 8 nitrogen and oxygen atoms in total. The highest BCUT2D eigenvalue weighted by Gasteiger charge is 2.37. The van der Waals surface area contributed by atoms with Gasteiger partial charge in [-0.05, 0) is 38.7 Å². The van der Waals surface area contributed by atoms with Gasteiger partial charge in [-0.3, -0.25) is 9.69 Å². The molecule has 2 saturated heterocycles. The van der Waals surface area contributed by atoms with E-state index in [1.165, 1.54) is 9.87 Å². The number of sulfonamides is 1. The Morgan fingerprint density at radius 2 is 1.94 bits per heavy atom. The van der Waals surface area contributed by atoms with Gasteiger partial charge in [-0.25, -0.2) is 8.42 Å². The second-order valence-electron chi connectivity index (χ2n) is 8.57. The second kappa shape index (κ2) is 9.10. The van der Waals surface area contributed by atoms with Gasteiger partial charge < -0.3 is 9.84 Å². The van der Waals surface area contributed by atoms with Gasteiger partial charge in [-0.1, -0.05) is 35.5 Å². The van der Waals surface area contributed by atoms with E-state index in [9.17, 15) is 13.2 Å². The Labute approximate surface area is 183 Å². The average Bonchev–Trinajstić information content (AvgIpc) is 3.34. The van der Waals surface area contributed by atoms with E-state index >= 15 is 0 Å². The van der Waals surface area contributed by atoms with Gasteiger partial charge in [0, 0.05) is 38.8 Å². The molecule has 31 heavy (non-hydrogen) atoms. The van der Waals surface area contributed by atoms with Gasteiger partial charge in [-0.2, -0.15) is 4.31 Å². The molecule has 1 aromatic heterocycles. The van der Waals surface area contributed by atoms with Crippen molar-refractivity contribution in [1.29, 1.82) is 0 Å². The molecule has 1 N–H and O–H groups in total. The van der Waals surface area contributed by atoms with Crippen LogP contribution in [0.25, 0.3) is 0 Å². The summed E-state index contributed by atoms with van der Waals surface area (Å²) < 4.78 is 32.7. The molecule has 2 aromatic rings. The predicted octanol–water partition coefficient (Wildman–Crippen LogP) is 2.08. The lowest BCUT2D eigenvalue weighted by Crippen LogP contribution is -2.48. The Bertz CT molecular complexity index is 1000. The van der Waals surface area contributed by atoms with E-state index in [1.807, 2.05) is 18.2 Å². The maximum atomic E-state index is 13.1. The highest BCUT2D eigenvalue weighted by molar-refractivity contribution is 7.89. The molecule has 2 aliphatic heterocycles. The summed E-state index contributed by atoms with van der Waals surface area (Å²) in [6.45, 7) is 6.45. The van der Waals surface area contributed by atoms with Crippen LogP contribution >= 0.6 is 0 Å². The van der Waals surface area contributed by atoms with Gasteiger partial charge in [0.25, 0.3) is 0 Å².